The normalized spacial score (nSPS) is 22.4. The number of aromatic nitrogens is 2. The fourth-order valence-electron chi connectivity index (χ4n) is 4.42. The molecule has 9 heteroatoms. The number of ether oxygens (including phenoxy) is 2. The molecule has 1 saturated carbocycles. The number of esters is 1. The Balaban J connectivity index is 1.89. The average Bonchev–Trinajstić information content (AvgIpc) is 2.98. The number of fused-ring (bicyclic) bond motifs is 1. The van der Waals surface area contributed by atoms with Gasteiger partial charge in [0, 0.05) is 26.3 Å². The van der Waals surface area contributed by atoms with Crippen LogP contribution in [0.5, 0.6) is 0 Å². The molecule has 3 rings (SSSR count). The third kappa shape index (κ3) is 4.35. The molecule has 1 aromatic heterocycles. The maximum absolute atomic E-state index is 13.4. The Hall–Kier alpha value is -2.42. The molecule has 0 spiro atoms. The van der Waals surface area contributed by atoms with Crippen molar-refractivity contribution in [3.63, 3.8) is 0 Å². The zero-order valence-corrected chi connectivity index (χ0v) is 18.1. The van der Waals surface area contributed by atoms with Gasteiger partial charge in [-0.15, -0.1) is 0 Å². The first-order valence-electron chi connectivity index (χ1n) is 10.7. The Kier molecular flexibility index (Phi) is 7.12. The molecule has 1 aromatic rings. The van der Waals surface area contributed by atoms with Crippen molar-refractivity contribution in [3.05, 3.63) is 17.7 Å². The van der Waals surface area contributed by atoms with Crippen LogP contribution in [-0.4, -0.2) is 71.2 Å². The van der Waals surface area contributed by atoms with E-state index in [2.05, 4.69) is 10.3 Å². The molecule has 2 amide bonds. The number of methoxy groups -OCH3 is 2. The zero-order chi connectivity index (χ0) is 21.7. The molecule has 0 unspecified atom stereocenters. The SMILES string of the molecule is COCCCN1C(=O)c2c(C(=O)OC)ncn2C[C@]1(C)C(=O)NC1CCCCCC1. The van der Waals surface area contributed by atoms with Gasteiger partial charge in [0.05, 0.1) is 20.0 Å². The van der Waals surface area contributed by atoms with Crippen LogP contribution in [0.1, 0.15) is 72.8 Å². The largest absolute Gasteiger partial charge is 0.464 e. The van der Waals surface area contributed by atoms with Gasteiger partial charge in [-0.25, -0.2) is 9.78 Å². The van der Waals surface area contributed by atoms with E-state index in [0.717, 1.165) is 25.7 Å². The summed E-state index contributed by atoms with van der Waals surface area (Å²) < 4.78 is 11.5. The molecule has 2 heterocycles. The Labute approximate surface area is 177 Å². The zero-order valence-electron chi connectivity index (χ0n) is 18.1. The number of carbonyl (C=O) groups excluding carboxylic acids is 3. The van der Waals surface area contributed by atoms with Crippen LogP contribution in [-0.2, 0) is 20.8 Å². The number of carbonyl (C=O) groups is 3. The molecule has 30 heavy (non-hydrogen) atoms. The topological polar surface area (TPSA) is 103 Å². The lowest BCUT2D eigenvalue weighted by atomic mass is 9.93. The van der Waals surface area contributed by atoms with Crippen LogP contribution in [0.25, 0.3) is 0 Å². The van der Waals surface area contributed by atoms with Gasteiger partial charge in [-0.05, 0) is 26.2 Å². The first-order valence-corrected chi connectivity index (χ1v) is 10.7. The van der Waals surface area contributed by atoms with E-state index in [9.17, 15) is 14.4 Å². The minimum absolute atomic E-state index is 0.0227. The Morgan fingerprint density at radius 3 is 2.57 bits per heavy atom. The van der Waals surface area contributed by atoms with E-state index in [4.69, 9.17) is 9.47 Å². The second-order valence-electron chi connectivity index (χ2n) is 8.30. The van der Waals surface area contributed by atoms with Crippen LogP contribution in [0.3, 0.4) is 0 Å². The second kappa shape index (κ2) is 9.59. The number of nitrogens with one attached hydrogen (secondary N) is 1. The number of imidazole rings is 1. The van der Waals surface area contributed by atoms with Gasteiger partial charge in [0.2, 0.25) is 5.91 Å². The summed E-state index contributed by atoms with van der Waals surface area (Å²) in [6.45, 7) is 2.81. The highest BCUT2D eigenvalue weighted by Crippen LogP contribution is 2.30. The molecule has 0 aromatic carbocycles. The van der Waals surface area contributed by atoms with Crippen LogP contribution in [0.4, 0.5) is 0 Å². The van der Waals surface area contributed by atoms with E-state index in [1.54, 1.807) is 23.5 Å². The summed E-state index contributed by atoms with van der Waals surface area (Å²) in [6, 6.07) is 0.127. The van der Waals surface area contributed by atoms with E-state index in [1.165, 1.54) is 26.3 Å². The van der Waals surface area contributed by atoms with Crippen molar-refractivity contribution >= 4 is 17.8 Å². The maximum Gasteiger partial charge on any atom is 0.359 e. The number of nitrogens with zero attached hydrogens (tertiary/aromatic N) is 3. The highest BCUT2D eigenvalue weighted by molar-refractivity contribution is 6.06. The quantitative estimate of drug-likeness (QED) is 0.410. The molecule has 166 valence electrons. The van der Waals surface area contributed by atoms with Gasteiger partial charge in [0.25, 0.3) is 5.91 Å². The number of rotatable bonds is 7. The molecular formula is C21H32N4O5. The van der Waals surface area contributed by atoms with Crippen LogP contribution in [0, 0.1) is 0 Å². The molecular weight excluding hydrogens is 388 g/mol. The monoisotopic (exact) mass is 420 g/mol. The Bertz CT molecular complexity index is 784. The fraction of sp³-hybridized carbons (Fsp3) is 0.714. The van der Waals surface area contributed by atoms with Crippen LogP contribution >= 0.6 is 0 Å². The van der Waals surface area contributed by atoms with Crippen molar-refractivity contribution in [3.8, 4) is 0 Å². The average molecular weight is 421 g/mol. The molecule has 1 N–H and O–H groups in total. The predicted octanol–water partition coefficient (Wildman–Crippen LogP) is 1.76. The lowest BCUT2D eigenvalue weighted by Crippen LogP contribution is -2.65. The minimum atomic E-state index is -1.09. The smallest absolute Gasteiger partial charge is 0.359 e. The Morgan fingerprint density at radius 1 is 1.23 bits per heavy atom. The van der Waals surface area contributed by atoms with Gasteiger partial charge in [0.15, 0.2) is 5.69 Å². The summed E-state index contributed by atoms with van der Waals surface area (Å²) in [4.78, 5) is 44.6. The number of hydrogen-bond acceptors (Lipinski definition) is 6. The standard InChI is InChI=1S/C21H32N4O5/c1-21(20(28)23-15-9-6-4-5-7-10-15)13-24-14-22-16(19(27)30-3)17(24)18(26)25(21)11-8-12-29-2/h14-15H,4-13H2,1-3H3,(H,23,28)/t21-/m1/s1. The highest BCUT2D eigenvalue weighted by atomic mass is 16.5. The third-order valence-corrected chi connectivity index (χ3v) is 6.15. The predicted molar refractivity (Wildman–Crippen MR) is 109 cm³/mol. The van der Waals surface area contributed by atoms with Gasteiger partial charge in [-0.2, -0.15) is 0 Å². The van der Waals surface area contributed by atoms with E-state index in [1.807, 2.05) is 0 Å². The van der Waals surface area contributed by atoms with Gasteiger partial charge in [-0.3, -0.25) is 9.59 Å². The van der Waals surface area contributed by atoms with Crippen molar-refractivity contribution in [2.24, 2.45) is 0 Å². The van der Waals surface area contributed by atoms with Crippen LogP contribution in [0.15, 0.2) is 6.33 Å². The van der Waals surface area contributed by atoms with Crippen molar-refractivity contribution in [2.75, 3.05) is 27.4 Å². The summed E-state index contributed by atoms with van der Waals surface area (Å²) in [5.74, 6) is -1.23. The molecule has 0 radical (unpaired) electrons. The minimum Gasteiger partial charge on any atom is -0.464 e. The molecule has 2 aliphatic rings. The van der Waals surface area contributed by atoms with Crippen LogP contribution in [0.2, 0.25) is 0 Å². The third-order valence-electron chi connectivity index (χ3n) is 6.15. The van der Waals surface area contributed by atoms with Crippen LogP contribution < -0.4 is 5.32 Å². The lowest BCUT2D eigenvalue weighted by Gasteiger charge is -2.44. The van der Waals surface area contributed by atoms with E-state index >= 15 is 0 Å². The van der Waals surface area contributed by atoms with Gasteiger partial charge in [0.1, 0.15) is 11.2 Å². The molecule has 9 nitrogen and oxygen atoms in total. The van der Waals surface area contributed by atoms with Crippen molar-refractivity contribution in [1.29, 1.82) is 0 Å². The summed E-state index contributed by atoms with van der Waals surface area (Å²) in [5.41, 5.74) is -0.942. The molecule has 1 aliphatic heterocycles. The molecule has 1 fully saturated rings. The lowest BCUT2D eigenvalue weighted by molar-refractivity contribution is -0.133. The van der Waals surface area contributed by atoms with Gasteiger partial charge >= 0.3 is 5.97 Å². The fourth-order valence-corrected chi connectivity index (χ4v) is 4.42. The Morgan fingerprint density at radius 2 is 1.93 bits per heavy atom. The maximum atomic E-state index is 13.4. The number of hydrogen-bond donors (Lipinski definition) is 1. The molecule has 0 saturated heterocycles. The second-order valence-corrected chi connectivity index (χ2v) is 8.30. The molecule has 0 bridgehead atoms. The van der Waals surface area contributed by atoms with Crippen molar-refractivity contribution < 1.29 is 23.9 Å². The van der Waals surface area contributed by atoms with Crippen molar-refractivity contribution in [2.45, 2.75) is 70.0 Å². The van der Waals surface area contributed by atoms with E-state index < -0.39 is 17.4 Å². The highest BCUT2D eigenvalue weighted by Gasteiger charge is 2.49. The molecule has 1 atom stereocenters. The first kappa shape index (κ1) is 22.3. The number of amides is 2. The van der Waals surface area contributed by atoms with E-state index in [0.29, 0.717) is 19.6 Å². The summed E-state index contributed by atoms with van der Waals surface area (Å²) in [6.07, 6.45) is 8.53. The first-order chi connectivity index (χ1) is 14.4. The van der Waals surface area contributed by atoms with Gasteiger partial charge < -0.3 is 24.3 Å². The van der Waals surface area contributed by atoms with E-state index in [-0.39, 0.29) is 29.9 Å². The summed E-state index contributed by atoms with van der Waals surface area (Å²) in [7, 11) is 2.85. The van der Waals surface area contributed by atoms with Crippen molar-refractivity contribution in [1.82, 2.24) is 19.8 Å². The summed E-state index contributed by atoms with van der Waals surface area (Å²) >= 11 is 0. The molecule has 1 aliphatic carbocycles. The summed E-state index contributed by atoms with van der Waals surface area (Å²) in [5, 5.41) is 3.19. The van der Waals surface area contributed by atoms with Gasteiger partial charge in [-0.1, -0.05) is 25.7 Å².